The molecule has 1 heterocycles. The molecule has 0 saturated carbocycles. The lowest BCUT2D eigenvalue weighted by Gasteiger charge is -2.34. The molecule has 3 nitrogen and oxygen atoms in total. The highest BCUT2D eigenvalue weighted by Gasteiger charge is 2.21. The molecule has 1 aliphatic rings. The molecule has 2 rings (SSSR count). The van der Waals surface area contributed by atoms with Crippen molar-refractivity contribution < 1.29 is 0 Å². The monoisotopic (exact) mass is 249 g/mol. The summed E-state index contributed by atoms with van der Waals surface area (Å²) in [5, 5.41) is 13.0. The lowest BCUT2D eigenvalue weighted by atomic mass is 10.0. The topological polar surface area (TPSA) is 39.1 Å². The minimum Gasteiger partial charge on any atom is -0.369 e. The maximum atomic E-state index is 9.18. The third-order valence-electron chi connectivity index (χ3n) is 3.27. The summed E-state index contributed by atoms with van der Waals surface area (Å²) in [5.74, 6) is 0. The molecule has 1 aromatic rings. The zero-order chi connectivity index (χ0) is 12.3. The third-order valence-corrected chi connectivity index (χ3v) is 3.59. The van der Waals surface area contributed by atoms with Gasteiger partial charge in [0.2, 0.25) is 0 Å². The van der Waals surface area contributed by atoms with Crippen LogP contribution in [-0.4, -0.2) is 26.2 Å². The van der Waals surface area contributed by atoms with Gasteiger partial charge < -0.3 is 10.2 Å². The molecule has 0 spiro atoms. The molecule has 1 aromatic carbocycles. The second kappa shape index (κ2) is 5.39. The van der Waals surface area contributed by atoms with Crippen LogP contribution in [0, 0.1) is 11.3 Å². The maximum absolute atomic E-state index is 9.18. The average Bonchev–Trinajstić information content (AvgIpc) is 2.38. The molecule has 17 heavy (non-hydrogen) atoms. The Kier molecular flexibility index (Phi) is 3.88. The van der Waals surface area contributed by atoms with Crippen molar-refractivity contribution in [3.05, 3.63) is 28.8 Å². The third kappa shape index (κ3) is 2.54. The van der Waals surface area contributed by atoms with E-state index in [1.54, 1.807) is 6.07 Å². The number of benzene rings is 1. The van der Waals surface area contributed by atoms with E-state index in [-0.39, 0.29) is 0 Å². The second-order valence-corrected chi connectivity index (χ2v) is 4.73. The molecule has 4 heteroatoms. The van der Waals surface area contributed by atoms with Crippen molar-refractivity contribution in [3.8, 4) is 6.07 Å². The van der Waals surface area contributed by atoms with E-state index >= 15 is 0 Å². The highest BCUT2D eigenvalue weighted by atomic mass is 35.5. The highest BCUT2D eigenvalue weighted by Crippen LogP contribution is 2.28. The summed E-state index contributed by atoms with van der Waals surface area (Å²) in [6.07, 6.45) is 2.33. The van der Waals surface area contributed by atoms with Gasteiger partial charge in [0, 0.05) is 19.1 Å². The van der Waals surface area contributed by atoms with Crippen molar-refractivity contribution in [2.75, 3.05) is 25.0 Å². The summed E-state index contributed by atoms with van der Waals surface area (Å²) < 4.78 is 0. The quantitative estimate of drug-likeness (QED) is 0.875. The SMILES string of the molecule is CNC1CCCN(c2cccc(Cl)c2C#N)C1. The average molecular weight is 250 g/mol. The summed E-state index contributed by atoms with van der Waals surface area (Å²) in [6, 6.07) is 8.34. The van der Waals surface area contributed by atoms with Gasteiger partial charge in [0.15, 0.2) is 0 Å². The number of nitrogens with zero attached hydrogens (tertiary/aromatic N) is 2. The summed E-state index contributed by atoms with van der Waals surface area (Å²) in [6.45, 7) is 1.93. The maximum Gasteiger partial charge on any atom is 0.103 e. The molecule has 1 saturated heterocycles. The first-order chi connectivity index (χ1) is 8.26. The summed E-state index contributed by atoms with van der Waals surface area (Å²) in [5.41, 5.74) is 1.55. The van der Waals surface area contributed by atoms with Gasteiger partial charge in [-0.1, -0.05) is 17.7 Å². The van der Waals surface area contributed by atoms with Crippen LogP contribution in [0.2, 0.25) is 5.02 Å². The minimum atomic E-state index is 0.495. The minimum absolute atomic E-state index is 0.495. The van der Waals surface area contributed by atoms with Crippen LogP contribution in [0.25, 0.3) is 0 Å². The molecule has 1 unspecified atom stereocenters. The van der Waals surface area contributed by atoms with E-state index < -0.39 is 0 Å². The van der Waals surface area contributed by atoms with E-state index in [0.29, 0.717) is 16.6 Å². The van der Waals surface area contributed by atoms with E-state index in [4.69, 9.17) is 11.6 Å². The lowest BCUT2D eigenvalue weighted by molar-refractivity contribution is 0.449. The van der Waals surface area contributed by atoms with Gasteiger partial charge in [0.05, 0.1) is 16.3 Å². The number of nitriles is 1. The van der Waals surface area contributed by atoms with Crippen molar-refractivity contribution in [2.24, 2.45) is 0 Å². The van der Waals surface area contributed by atoms with E-state index in [2.05, 4.69) is 16.3 Å². The fourth-order valence-corrected chi connectivity index (χ4v) is 2.53. The first-order valence-electron chi connectivity index (χ1n) is 5.87. The van der Waals surface area contributed by atoms with Gasteiger partial charge in [-0.25, -0.2) is 0 Å². The van der Waals surface area contributed by atoms with E-state index in [9.17, 15) is 5.26 Å². The fraction of sp³-hybridized carbons (Fsp3) is 0.462. The fourth-order valence-electron chi connectivity index (χ4n) is 2.32. The number of rotatable bonds is 2. The van der Waals surface area contributed by atoms with Gasteiger partial charge in [0.1, 0.15) is 6.07 Å². The van der Waals surface area contributed by atoms with Crippen LogP contribution in [0.5, 0.6) is 0 Å². The first-order valence-corrected chi connectivity index (χ1v) is 6.25. The van der Waals surface area contributed by atoms with Gasteiger partial charge in [0.25, 0.3) is 0 Å². The highest BCUT2D eigenvalue weighted by molar-refractivity contribution is 6.32. The van der Waals surface area contributed by atoms with Crippen molar-refractivity contribution in [1.82, 2.24) is 5.32 Å². The Morgan fingerprint density at radius 1 is 1.53 bits per heavy atom. The van der Waals surface area contributed by atoms with Gasteiger partial charge in [-0.2, -0.15) is 5.26 Å². The largest absolute Gasteiger partial charge is 0.369 e. The van der Waals surface area contributed by atoms with E-state index in [0.717, 1.165) is 25.2 Å². The molecule has 0 amide bonds. The first kappa shape index (κ1) is 12.2. The lowest BCUT2D eigenvalue weighted by Crippen LogP contribution is -2.44. The Balaban J connectivity index is 2.28. The standard InChI is InChI=1S/C13H16ClN3/c1-16-10-4-3-7-17(9-10)13-6-2-5-12(14)11(13)8-15/h2,5-6,10,16H,3-4,7,9H2,1H3. The molecule has 0 aliphatic carbocycles. The summed E-state index contributed by atoms with van der Waals surface area (Å²) in [4.78, 5) is 2.25. The van der Waals surface area contributed by atoms with Crippen LogP contribution in [0.15, 0.2) is 18.2 Å². The molecule has 1 fully saturated rings. The molecule has 1 atom stereocenters. The molecule has 1 aliphatic heterocycles. The number of nitrogens with one attached hydrogen (secondary N) is 1. The Bertz CT molecular complexity index is 439. The van der Waals surface area contributed by atoms with Crippen molar-refractivity contribution in [2.45, 2.75) is 18.9 Å². The van der Waals surface area contributed by atoms with Crippen molar-refractivity contribution >= 4 is 17.3 Å². The van der Waals surface area contributed by atoms with E-state index in [1.807, 2.05) is 19.2 Å². The summed E-state index contributed by atoms with van der Waals surface area (Å²) in [7, 11) is 1.98. The Morgan fingerprint density at radius 2 is 2.35 bits per heavy atom. The number of piperidine rings is 1. The second-order valence-electron chi connectivity index (χ2n) is 4.32. The van der Waals surface area contributed by atoms with Gasteiger partial charge >= 0.3 is 0 Å². The van der Waals surface area contributed by atoms with Crippen LogP contribution in [-0.2, 0) is 0 Å². The molecular formula is C13H16ClN3. The predicted octanol–water partition coefficient (Wildman–Crippen LogP) is 2.40. The molecule has 90 valence electrons. The number of likely N-dealkylation sites (N-methyl/N-ethyl adjacent to an activating group) is 1. The van der Waals surface area contributed by atoms with Crippen molar-refractivity contribution in [1.29, 1.82) is 5.26 Å². The molecule has 0 aromatic heterocycles. The normalized spacial score (nSPS) is 20.1. The van der Waals surface area contributed by atoms with Crippen LogP contribution in [0.4, 0.5) is 5.69 Å². The number of hydrogen-bond acceptors (Lipinski definition) is 3. The molecule has 1 N–H and O–H groups in total. The van der Waals surface area contributed by atoms with Crippen LogP contribution < -0.4 is 10.2 Å². The zero-order valence-electron chi connectivity index (χ0n) is 9.91. The number of halogens is 1. The van der Waals surface area contributed by atoms with Crippen LogP contribution in [0.1, 0.15) is 18.4 Å². The molecule has 0 bridgehead atoms. The zero-order valence-corrected chi connectivity index (χ0v) is 10.7. The number of anilines is 1. The summed E-state index contributed by atoms with van der Waals surface area (Å²) >= 11 is 6.05. The predicted molar refractivity (Wildman–Crippen MR) is 70.5 cm³/mol. The Labute approximate surface area is 107 Å². The smallest absolute Gasteiger partial charge is 0.103 e. The van der Waals surface area contributed by atoms with Gasteiger partial charge in [-0.15, -0.1) is 0 Å². The van der Waals surface area contributed by atoms with Gasteiger partial charge in [-0.3, -0.25) is 0 Å². The van der Waals surface area contributed by atoms with Gasteiger partial charge in [-0.05, 0) is 32.0 Å². The van der Waals surface area contributed by atoms with Crippen LogP contribution in [0.3, 0.4) is 0 Å². The van der Waals surface area contributed by atoms with Crippen LogP contribution >= 0.6 is 11.6 Å². The Morgan fingerprint density at radius 3 is 3.06 bits per heavy atom. The Hall–Kier alpha value is -1.24. The molecule has 0 radical (unpaired) electrons. The van der Waals surface area contributed by atoms with Crippen molar-refractivity contribution in [3.63, 3.8) is 0 Å². The molecular weight excluding hydrogens is 234 g/mol. The van der Waals surface area contributed by atoms with E-state index in [1.165, 1.54) is 6.42 Å². The number of hydrogen-bond donors (Lipinski definition) is 1.